The molecule has 1 rings (SSSR count). The summed E-state index contributed by atoms with van der Waals surface area (Å²) in [5, 5.41) is 0.361. The maximum Gasteiger partial charge on any atom is 0.232 e. The van der Waals surface area contributed by atoms with Gasteiger partial charge in [-0.05, 0) is 30.0 Å². The standard InChI is InChI=1S/C8H11BrClN3O/c1-13(2)3-4-14-8-6(9)7(10)11-5-12-8/h5H,3-4H2,1-2H3. The Balaban J connectivity index is 2.54. The lowest BCUT2D eigenvalue weighted by atomic mass is 10.6. The number of ether oxygens (including phenoxy) is 1. The number of likely N-dealkylation sites (N-methyl/N-ethyl adjacent to an activating group) is 1. The van der Waals surface area contributed by atoms with Crippen molar-refractivity contribution in [1.29, 1.82) is 0 Å². The first-order chi connectivity index (χ1) is 6.61. The van der Waals surface area contributed by atoms with Crippen LogP contribution in [-0.2, 0) is 0 Å². The zero-order chi connectivity index (χ0) is 10.6. The monoisotopic (exact) mass is 279 g/mol. The minimum Gasteiger partial charge on any atom is -0.475 e. The Hall–Kier alpha value is -0.390. The van der Waals surface area contributed by atoms with Crippen molar-refractivity contribution in [3.05, 3.63) is 16.0 Å². The summed E-state index contributed by atoms with van der Waals surface area (Å²) >= 11 is 9.02. The van der Waals surface area contributed by atoms with Crippen molar-refractivity contribution >= 4 is 27.5 Å². The van der Waals surface area contributed by atoms with E-state index in [2.05, 4.69) is 25.9 Å². The number of aromatic nitrogens is 2. The van der Waals surface area contributed by atoms with E-state index in [9.17, 15) is 0 Å². The third-order valence-electron chi connectivity index (χ3n) is 1.49. The summed E-state index contributed by atoms with van der Waals surface area (Å²) in [6.07, 6.45) is 1.37. The molecule has 0 bridgehead atoms. The van der Waals surface area contributed by atoms with Crippen LogP contribution in [0.15, 0.2) is 10.8 Å². The van der Waals surface area contributed by atoms with E-state index in [1.165, 1.54) is 6.33 Å². The van der Waals surface area contributed by atoms with E-state index >= 15 is 0 Å². The van der Waals surface area contributed by atoms with Crippen LogP contribution in [0.25, 0.3) is 0 Å². The molecule has 14 heavy (non-hydrogen) atoms. The molecule has 0 aromatic carbocycles. The van der Waals surface area contributed by atoms with Gasteiger partial charge in [0.1, 0.15) is 17.4 Å². The van der Waals surface area contributed by atoms with Crippen LogP contribution in [0.5, 0.6) is 5.88 Å². The van der Waals surface area contributed by atoms with E-state index in [0.29, 0.717) is 22.1 Å². The molecule has 1 aromatic heterocycles. The predicted molar refractivity (Wildman–Crippen MR) is 58.8 cm³/mol. The van der Waals surface area contributed by atoms with Crippen molar-refractivity contribution in [3.8, 4) is 5.88 Å². The quantitative estimate of drug-likeness (QED) is 0.789. The van der Waals surface area contributed by atoms with E-state index in [1.807, 2.05) is 19.0 Å². The molecule has 1 aromatic rings. The highest BCUT2D eigenvalue weighted by molar-refractivity contribution is 9.10. The van der Waals surface area contributed by atoms with Gasteiger partial charge in [-0.1, -0.05) is 11.6 Å². The molecule has 0 aliphatic heterocycles. The average molecular weight is 281 g/mol. The fraction of sp³-hybridized carbons (Fsp3) is 0.500. The van der Waals surface area contributed by atoms with E-state index in [0.717, 1.165) is 6.54 Å². The van der Waals surface area contributed by atoms with Gasteiger partial charge in [-0.25, -0.2) is 9.97 Å². The van der Waals surface area contributed by atoms with Gasteiger partial charge in [0.25, 0.3) is 0 Å². The maximum atomic E-state index is 5.77. The minimum atomic E-state index is 0.361. The van der Waals surface area contributed by atoms with Crippen molar-refractivity contribution in [3.63, 3.8) is 0 Å². The highest BCUT2D eigenvalue weighted by atomic mass is 79.9. The third kappa shape index (κ3) is 3.40. The lowest BCUT2D eigenvalue weighted by Gasteiger charge is -2.11. The average Bonchev–Trinajstić information content (AvgIpc) is 2.12. The first-order valence-electron chi connectivity index (χ1n) is 4.05. The lowest BCUT2D eigenvalue weighted by molar-refractivity contribution is 0.252. The molecule has 0 radical (unpaired) electrons. The van der Waals surface area contributed by atoms with Crippen molar-refractivity contribution < 1.29 is 4.74 Å². The Kier molecular flexibility index (Phi) is 4.57. The summed E-state index contributed by atoms with van der Waals surface area (Å²) in [6.45, 7) is 1.40. The second-order valence-corrected chi connectivity index (χ2v) is 4.09. The molecule has 0 unspecified atom stereocenters. The molecule has 0 saturated heterocycles. The van der Waals surface area contributed by atoms with Crippen molar-refractivity contribution in [1.82, 2.24) is 14.9 Å². The molecule has 0 aliphatic rings. The highest BCUT2D eigenvalue weighted by Crippen LogP contribution is 2.27. The fourth-order valence-corrected chi connectivity index (χ4v) is 1.20. The molecule has 6 heteroatoms. The van der Waals surface area contributed by atoms with Gasteiger partial charge in [-0.15, -0.1) is 0 Å². The topological polar surface area (TPSA) is 38.2 Å². The summed E-state index contributed by atoms with van der Waals surface area (Å²) in [4.78, 5) is 9.78. The Labute approximate surface area is 96.4 Å². The van der Waals surface area contributed by atoms with Crippen LogP contribution in [0.3, 0.4) is 0 Å². The Morgan fingerprint density at radius 2 is 2.21 bits per heavy atom. The molecule has 78 valence electrons. The first kappa shape index (κ1) is 11.7. The van der Waals surface area contributed by atoms with Crippen LogP contribution >= 0.6 is 27.5 Å². The van der Waals surface area contributed by atoms with Gasteiger partial charge < -0.3 is 9.64 Å². The molecule has 0 spiro atoms. The lowest BCUT2D eigenvalue weighted by Crippen LogP contribution is -2.19. The third-order valence-corrected chi connectivity index (χ3v) is 2.72. The van der Waals surface area contributed by atoms with Crippen LogP contribution in [0.2, 0.25) is 5.15 Å². The molecule has 0 fully saturated rings. The smallest absolute Gasteiger partial charge is 0.232 e. The van der Waals surface area contributed by atoms with Gasteiger partial charge in [0.15, 0.2) is 5.15 Å². The Morgan fingerprint density at radius 3 is 2.86 bits per heavy atom. The predicted octanol–water partition coefficient (Wildman–Crippen LogP) is 1.83. The zero-order valence-corrected chi connectivity index (χ0v) is 10.3. The molecular weight excluding hydrogens is 269 g/mol. The molecule has 4 nitrogen and oxygen atoms in total. The highest BCUT2D eigenvalue weighted by Gasteiger charge is 2.07. The molecular formula is C8H11BrClN3O. The molecule has 0 amide bonds. The van der Waals surface area contributed by atoms with Gasteiger partial charge in [0.2, 0.25) is 5.88 Å². The SMILES string of the molecule is CN(C)CCOc1ncnc(Cl)c1Br. The van der Waals surface area contributed by atoms with Crippen molar-refractivity contribution in [2.45, 2.75) is 0 Å². The molecule has 0 saturated carbocycles. The minimum absolute atomic E-state index is 0.361. The second kappa shape index (κ2) is 5.48. The number of rotatable bonds is 4. The summed E-state index contributed by atoms with van der Waals surface area (Å²) in [6, 6.07) is 0. The summed E-state index contributed by atoms with van der Waals surface area (Å²) in [7, 11) is 3.96. The largest absolute Gasteiger partial charge is 0.475 e. The zero-order valence-electron chi connectivity index (χ0n) is 8.00. The fourth-order valence-electron chi connectivity index (χ4n) is 0.759. The van der Waals surface area contributed by atoms with Gasteiger partial charge in [-0.2, -0.15) is 0 Å². The molecule has 0 N–H and O–H groups in total. The van der Waals surface area contributed by atoms with Crippen molar-refractivity contribution in [2.75, 3.05) is 27.2 Å². The summed E-state index contributed by atoms with van der Waals surface area (Å²) in [5.74, 6) is 0.479. The number of hydrogen-bond donors (Lipinski definition) is 0. The summed E-state index contributed by atoms with van der Waals surface area (Å²) < 4.78 is 6.00. The van der Waals surface area contributed by atoms with Gasteiger partial charge >= 0.3 is 0 Å². The maximum absolute atomic E-state index is 5.77. The second-order valence-electron chi connectivity index (χ2n) is 2.94. The van der Waals surface area contributed by atoms with E-state index in [4.69, 9.17) is 16.3 Å². The summed E-state index contributed by atoms with van der Waals surface area (Å²) in [5.41, 5.74) is 0. The van der Waals surface area contributed by atoms with Crippen LogP contribution in [0.1, 0.15) is 0 Å². The van der Waals surface area contributed by atoms with E-state index in [1.54, 1.807) is 0 Å². The Bertz CT molecular complexity index is 309. The Morgan fingerprint density at radius 1 is 1.50 bits per heavy atom. The van der Waals surface area contributed by atoms with Crippen molar-refractivity contribution in [2.24, 2.45) is 0 Å². The number of halogens is 2. The van der Waals surface area contributed by atoms with Gasteiger partial charge in [-0.3, -0.25) is 0 Å². The molecule has 0 aliphatic carbocycles. The van der Waals surface area contributed by atoms with Crippen LogP contribution in [-0.4, -0.2) is 42.1 Å². The number of nitrogens with zero attached hydrogens (tertiary/aromatic N) is 3. The first-order valence-corrected chi connectivity index (χ1v) is 5.22. The van der Waals surface area contributed by atoms with Gasteiger partial charge in [0, 0.05) is 6.54 Å². The van der Waals surface area contributed by atoms with E-state index in [-0.39, 0.29) is 0 Å². The van der Waals surface area contributed by atoms with Gasteiger partial charge in [0.05, 0.1) is 0 Å². The van der Waals surface area contributed by atoms with Crippen LogP contribution in [0, 0.1) is 0 Å². The molecule has 1 heterocycles. The van der Waals surface area contributed by atoms with E-state index < -0.39 is 0 Å². The van der Waals surface area contributed by atoms with Crippen LogP contribution < -0.4 is 4.74 Å². The molecule has 0 atom stereocenters. The number of hydrogen-bond acceptors (Lipinski definition) is 4. The van der Waals surface area contributed by atoms with Crippen LogP contribution in [0.4, 0.5) is 0 Å². The normalized spacial score (nSPS) is 10.6.